The van der Waals surface area contributed by atoms with E-state index in [4.69, 9.17) is 27.8 Å². The van der Waals surface area contributed by atoms with Crippen molar-refractivity contribution in [2.45, 2.75) is 265 Å². The largest absolute Gasteiger partial charge is 0.647 e. The molecule has 6 fully saturated rings. The molecule has 0 amide bonds. The zero-order chi connectivity index (χ0) is 83.1. The number of unbranched alkanes of at least 4 members (excludes halogenated alkanes) is 3. The minimum Gasteiger partial charge on any atom is -0.387 e. The van der Waals surface area contributed by atoms with Crippen LogP contribution in [0.25, 0.3) is 0 Å². The van der Waals surface area contributed by atoms with Crippen molar-refractivity contribution >= 4 is 37.3 Å². The number of nitrogens with one attached hydrogen (secondary N) is 3. The van der Waals surface area contributed by atoms with E-state index < -0.39 is 161 Å². The molecule has 0 spiro atoms. The highest BCUT2D eigenvalue weighted by atomic mass is 32.2. The number of aromatic amines is 3. The van der Waals surface area contributed by atoms with Crippen molar-refractivity contribution in [3.8, 4) is 17.2 Å². The first kappa shape index (κ1) is 88.0. The molecular formula is C81H108F3N6O22PS3. The highest BCUT2D eigenvalue weighted by molar-refractivity contribution is 7.91. The number of phosphoric acid groups is 1. The molecule has 6 N–H and O–H groups in total. The van der Waals surface area contributed by atoms with Crippen LogP contribution in [-0.4, -0.2) is 157 Å². The number of aliphatic hydroxyl groups excluding tert-OH is 3. The van der Waals surface area contributed by atoms with Gasteiger partial charge in [0.25, 0.3) is 16.7 Å². The molecule has 116 heavy (non-hydrogen) atoms. The predicted molar refractivity (Wildman–Crippen MR) is 427 cm³/mol. The zero-order valence-corrected chi connectivity index (χ0v) is 68.9. The smallest absolute Gasteiger partial charge is 0.387 e. The van der Waals surface area contributed by atoms with Gasteiger partial charge in [-0.2, -0.15) is 4.57 Å². The van der Waals surface area contributed by atoms with Gasteiger partial charge in [0.15, 0.2) is 35.7 Å². The molecule has 3 aromatic carbocycles. The molecule has 28 nitrogen and oxygen atoms in total. The van der Waals surface area contributed by atoms with Crippen molar-refractivity contribution in [1.29, 1.82) is 0 Å². The van der Waals surface area contributed by atoms with E-state index in [2.05, 4.69) is 15.0 Å². The lowest BCUT2D eigenvalue weighted by atomic mass is 9.82. The molecular weight excluding hydrogens is 1590 g/mol. The number of ether oxygens (including phenoxy) is 3. The Hall–Kier alpha value is -7.27. The molecule has 0 bridgehead atoms. The van der Waals surface area contributed by atoms with Crippen LogP contribution in [0.5, 0.6) is 17.2 Å². The first-order chi connectivity index (χ1) is 55.0. The Morgan fingerprint density at radius 1 is 0.405 bits per heavy atom. The summed E-state index contributed by atoms with van der Waals surface area (Å²) in [5.41, 5.74) is -12.5. The van der Waals surface area contributed by atoms with E-state index in [1.807, 2.05) is 0 Å². The third-order valence-corrected chi connectivity index (χ3v) is 31.4. The normalized spacial score (nSPS) is 27.3. The highest BCUT2D eigenvalue weighted by Crippen LogP contribution is 2.54. The van der Waals surface area contributed by atoms with Gasteiger partial charge in [-0.1, -0.05) is 133 Å². The summed E-state index contributed by atoms with van der Waals surface area (Å²) in [5.74, 6) is -2.85. The van der Waals surface area contributed by atoms with Crippen molar-refractivity contribution in [1.82, 2.24) is 28.7 Å². The SMILES string of the molecule is C[C@@]1(F)[C@H](O)[C@@H](C(CCCS(=O)(=O)CCCCC2CCC2)c2ccc(OP(=O)(Oc3ccc(C(CCCS(=O)(=O)CCCCC4CCC4)[C@H]4O[C@@H](n5ccc(=O)[nH]c5=O)[C@](C)(F)[C@@H]4O)cc3)Oc3ccc(C(CCCS(=O)(=O)CCCCC4CCC4)[C@H]4O[C@@H](n5ccc(=O)[nH]c5=O)[C@](C)(F)[C@@H]4O)cc3)cc2)O[C@H]1n1ccc(=O)[nH]c1=O. The van der Waals surface area contributed by atoms with Gasteiger partial charge in [0.1, 0.15) is 65.1 Å². The quantitative estimate of drug-likeness (QED) is 0.0153. The fourth-order valence-corrected chi connectivity index (χ4v) is 22.7. The van der Waals surface area contributed by atoms with Gasteiger partial charge in [-0.3, -0.25) is 43.0 Å². The van der Waals surface area contributed by atoms with E-state index >= 15 is 17.7 Å². The van der Waals surface area contributed by atoms with E-state index in [-0.39, 0.29) is 90.3 Å². The van der Waals surface area contributed by atoms with Crippen LogP contribution in [0, 0.1) is 17.8 Å². The summed E-state index contributed by atoms with van der Waals surface area (Å²) < 4.78 is 188. The van der Waals surface area contributed by atoms with Gasteiger partial charge in [-0.15, -0.1) is 0 Å². The van der Waals surface area contributed by atoms with Crippen LogP contribution in [0.3, 0.4) is 0 Å². The van der Waals surface area contributed by atoms with Gasteiger partial charge in [-0.25, -0.2) is 52.8 Å². The Bertz CT molecular complexity index is 4630. The average Bonchev–Trinajstić information content (AvgIpc) is 1.61. The molecule has 3 unspecified atom stereocenters. The molecule has 35 heteroatoms. The number of benzene rings is 3. The second kappa shape index (κ2) is 37.2. The topological polar surface area (TPSA) is 400 Å². The number of halogens is 3. The van der Waals surface area contributed by atoms with Crippen LogP contribution < -0.4 is 47.3 Å². The lowest BCUT2D eigenvalue weighted by Gasteiger charge is -2.28. The maximum absolute atomic E-state index is 17.1. The summed E-state index contributed by atoms with van der Waals surface area (Å²) in [4.78, 5) is 82.0. The van der Waals surface area contributed by atoms with Gasteiger partial charge >= 0.3 is 24.9 Å². The molecule has 15 atom stereocenters. The van der Waals surface area contributed by atoms with Crippen molar-refractivity contribution in [3.05, 3.63) is 189 Å². The second-order valence-electron chi connectivity index (χ2n) is 33.2. The van der Waals surface area contributed by atoms with Crippen LogP contribution in [0.2, 0.25) is 0 Å². The Morgan fingerprint density at radius 2 is 0.647 bits per heavy atom. The van der Waals surface area contributed by atoms with E-state index in [0.717, 1.165) is 168 Å². The van der Waals surface area contributed by atoms with Gasteiger partial charge in [0.05, 0.1) is 52.8 Å². The molecule has 12 rings (SSSR count). The standard InChI is InChI=1S/C81H108F3N6O22PS3/c1-79(82)70(94)67(107-73(79)88-43-40-64(91)85-76(88)97)61(25-13-49-114(101,102)46-7-4-16-52-19-10-20-52)55-28-34-58(35-29-55)110-113(100,111-59-36-30-56(31-37-59)62(26-14-50-115(103,104)47-8-5-17-53-21-11-22-53)68-71(95)80(2,83)74(108-68)89-44-41-65(92)86-77(89)98)112-60-38-32-57(33-39-60)63(27-15-51-116(105,106)48-9-6-18-54-23-12-24-54)69-72(96)81(3,84)75(109-69)90-45-42-66(93)87-78(90)99/h28-45,52-54,61-63,67-75,94-96H,4-27,46-51H2,1-3H3,(H,85,91,97)(H,86,92,98)(H,87,93,99)/t61?,62?,63?,67-,68-,69-,70-,71-,72-,73-,74-,75-,79-,80-,81-,113?/m1/s1. The van der Waals surface area contributed by atoms with E-state index in [0.29, 0.717) is 53.7 Å². The summed E-state index contributed by atoms with van der Waals surface area (Å²) >= 11 is 0. The Morgan fingerprint density at radius 3 is 0.871 bits per heavy atom. The minimum absolute atomic E-state index is 0.0112. The van der Waals surface area contributed by atoms with E-state index in [1.54, 1.807) is 0 Å². The summed E-state index contributed by atoms with van der Waals surface area (Å²) in [5, 5.41) is 35.7. The molecule has 6 aromatic rings. The number of rotatable bonds is 42. The minimum atomic E-state index is -5.17. The molecule has 6 aliphatic rings. The number of aliphatic hydroxyl groups is 3. The lowest BCUT2D eigenvalue weighted by molar-refractivity contribution is -0.0564. The first-order valence-electron chi connectivity index (χ1n) is 40.6. The molecule has 3 saturated heterocycles. The number of nitrogens with zero attached hydrogens (tertiary/aromatic N) is 3. The molecule has 3 saturated carbocycles. The molecule has 3 aliphatic carbocycles. The third kappa shape index (κ3) is 21.5. The van der Waals surface area contributed by atoms with E-state index in [1.165, 1.54) is 72.8 Å². The fourth-order valence-electron chi connectivity index (χ4n) is 17.1. The maximum Gasteiger partial charge on any atom is 0.647 e. The number of aromatic nitrogens is 6. The van der Waals surface area contributed by atoms with Gasteiger partial charge in [0, 0.05) is 54.5 Å². The van der Waals surface area contributed by atoms with Crippen LogP contribution in [0.15, 0.2) is 138 Å². The Labute approximate surface area is 671 Å². The van der Waals surface area contributed by atoms with Crippen molar-refractivity contribution in [2.75, 3.05) is 34.5 Å². The van der Waals surface area contributed by atoms with Gasteiger partial charge in [0.2, 0.25) is 0 Å². The molecule has 3 aromatic heterocycles. The fraction of sp³-hybridized carbons (Fsp3) is 0.630. The number of phosphoric ester groups is 1. The summed E-state index contributed by atoms with van der Waals surface area (Å²) in [7, 11) is -16.0. The third-order valence-electron chi connectivity index (χ3n) is 24.6. The summed E-state index contributed by atoms with van der Waals surface area (Å²) in [6, 6.07) is 19.8. The summed E-state index contributed by atoms with van der Waals surface area (Å²) in [6.45, 7) is 3.08. The predicted octanol–water partition coefficient (Wildman–Crippen LogP) is 10.7. The number of H-pyrrole nitrogens is 3. The average molecular weight is 1700 g/mol. The molecule has 0 radical (unpaired) electrons. The van der Waals surface area contributed by atoms with Crippen molar-refractivity contribution in [3.63, 3.8) is 0 Å². The highest BCUT2D eigenvalue weighted by Gasteiger charge is 2.60. The van der Waals surface area contributed by atoms with Gasteiger partial charge < -0.3 is 43.1 Å². The second-order valence-corrected chi connectivity index (χ2v) is 41.6. The maximum atomic E-state index is 17.1. The number of sulfone groups is 3. The van der Waals surface area contributed by atoms with Crippen LogP contribution >= 0.6 is 7.82 Å². The number of hydrogen-bond acceptors (Lipinski definition) is 22. The summed E-state index contributed by atoms with van der Waals surface area (Å²) in [6.07, 6.45) is 4.14. The van der Waals surface area contributed by atoms with Crippen LogP contribution in [0.4, 0.5) is 13.2 Å². The van der Waals surface area contributed by atoms with Crippen molar-refractivity contribution in [2.24, 2.45) is 17.8 Å². The number of alkyl halides is 3. The van der Waals surface area contributed by atoms with Gasteiger partial charge in [-0.05, 0) is 149 Å². The Kier molecular flexibility index (Phi) is 28.2. The van der Waals surface area contributed by atoms with Crippen LogP contribution in [0.1, 0.15) is 228 Å². The number of hydrogen-bond donors (Lipinski definition) is 6. The molecule has 638 valence electrons. The van der Waals surface area contributed by atoms with Crippen molar-refractivity contribution < 1.29 is 86.1 Å². The molecule has 3 aliphatic heterocycles. The zero-order valence-electron chi connectivity index (χ0n) is 65.5. The first-order valence-corrected chi connectivity index (χ1v) is 47.5. The van der Waals surface area contributed by atoms with E-state index in [9.17, 15) is 69.3 Å². The monoisotopic (exact) mass is 1700 g/mol. The van der Waals surface area contributed by atoms with Crippen LogP contribution in [-0.2, 0) is 48.3 Å². The molecule has 6 heterocycles. The Balaban J connectivity index is 0.856. The lowest BCUT2D eigenvalue weighted by Crippen LogP contribution is -2.44.